The molecule has 104 heavy (non-hydrogen) atoms. The molecule has 0 saturated carbocycles. The van der Waals surface area contributed by atoms with Crippen molar-refractivity contribution in [3.8, 4) is 11.5 Å². The van der Waals surface area contributed by atoms with Crippen LogP contribution in [0, 0.1) is 11.3 Å². The number of carbonyl (C=O) groups excluding carboxylic acids is 9. The molecule has 0 aliphatic carbocycles. The number of hydrogen-bond acceptors (Lipinski definition) is 19. The average Bonchev–Trinajstić information content (AvgIpc) is 0.845. The summed E-state index contributed by atoms with van der Waals surface area (Å²) in [5.74, 6) is -9.91. The first-order valence-electron chi connectivity index (χ1n) is 33.0. The van der Waals surface area contributed by atoms with Gasteiger partial charge in [-0.25, -0.2) is 47.1 Å². The summed E-state index contributed by atoms with van der Waals surface area (Å²) >= 11 is 0. The normalized spacial score (nSPS) is 14.5. The summed E-state index contributed by atoms with van der Waals surface area (Å²) < 4.78 is 152. The molecule has 3 rings (SSSR count). The third-order valence-corrected chi connectivity index (χ3v) is 14.6. The second-order valence-corrected chi connectivity index (χ2v) is 29.6. The van der Waals surface area contributed by atoms with Crippen LogP contribution in [-0.2, 0) is 91.0 Å². The van der Waals surface area contributed by atoms with Gasteiger partial charge >= 0.3 is 60.7 Å². The molecule has 32 heteroatoms. The van der Waals surface area contributed by atoms with Gasteiger partial charge in [0.2, 0.25) is 0 Å². The molecular weight excluding hydrogens is 1390 g/mol. The van der Waals surface area contributed by atoms with Gasteiger partial charge in [0, 0.05) is 53.9 Å². The van der Waals surface area contributed by atoms with Crippen LogP contribution in [-0.4, -0.2) is 197 Å². The number of halogens is 8. The average molecular weight is 1490 g/mol. The number of nitrogens with zero attached hydrogens (tertiary/aromatic N) is 4. The number of likely N-dealkylation sites (N-methyl/N-ethyl adjacent to an activating group) is 4. The molecular formula is C72H100F8N4O20. The van der Waals surface area contributed by atoms with Crippen molar-refractivity contribution in [2.45, 2.75) is 247 Å². The number of carboxylic acids is 1. The molecule has 584 valence electrons. The fraction of sp³-hybridized carbons (Fsp3) is 0.611. The van der Waals surface area contributed by atoms with Gasteiger partial charge in [0.15, 0.2) is 24.4 Å². The minimum atomic E-state index is -4.97. The lowest BCUT2D eigenvalue weighted by Gasteiger charge is -2.35. The molecule has 0 bridgehead atoms. The van der Waals surface area contributed by atoms with Crippen molar-refractivity contribution in [1.29, 1.82) is 0 Å². The number of carboxylic acid groups (broad SMARTS) is 1. The molecule has 3 aromatic rings. The van der Waals surface area contributed by atoms with E-state index in [9.17, 15) is 83.8 Å². The summed E-state index contributed by atoms with van der Waals surface area (Å²) in [6.07, 6.45) is -20.3. The minimum Gasteiger partial charge on any atom is -0.479 e. The minimum absolute atomic E-state index is 0.0232. The Balaban J connectivity index is 0.000000712. The Labute approximate surface area is 601 Å². The Morgan fingerprint density at radius 1 is 0.413 bits per heavy atom. The highest BCUT2D eigenvalue weighted by molar-refractivity contribution is 5.92. The van der Waals surface area contributed by atoms with Crippen LogP contribution < -0.4 is 9.47 Å². The molecule has 0 aromatic heterocycles. The molecule has 0 spiro atoms. The molecule has 0 aliphatic heterocycles. The molecule has 8 atom stereocenters. The molecule has 0 unspecified atom stereocenters. The van der Waals surface area contributed by atoms with Gasteiger partial charge in [0.25, 0.3) is 11.8 Å². The second-order valence-electron chi connectivity index (χ2n) is 29.6. The summed E-state index contributed by atoms with van der Waals surface area (Å²) in [7, 11) is 4.86. The van der Waals surface area contributed by atoms with E-state index in [1.54, 1.807) is 106 Å². The Hall–Kier alpha value is -9.00. The first-order chi connectivity index (χ1) is 47.3. The van der Waals surface area contributed by atoms with Crippen LogP contribution in [0.15, 0.2) is 78.9 Å². The highest BCUT2D eigenvalue weighted by atomic mass is 19.4. The highest BCUT2D eigenvalue weighted by Gasteiger charge is 2.44. The van der Waals surface area contributed by atoms with Gasteiger partial charge in [-0.1, -0.05) is 89.2 Å². The van der Waals surface area contributed by atoms with Crippen molar-refractivity contribution < 1.29 is 131 Å². The topological polar surface area (TPSA) is 287 Å². The Morgan fingerprint density at radius 3 is 1.08 bits per heavy atom. The van der Waals surface area contributed by atoms with Crippen molar-refractivity contribution in [3.63, 3.8) is 0 Å². The number of amides is 4. The van der Waals surface area contributed by atoms with Crippen LogP contribution in [0.2, 0.25) is 0 Å². The van der Waals surface area contributed by atoms with E-state index >= 15 is 4.39 Å². The van der Waals surface area contributed by atoms with Crippen molar-refractivity contribution in [1.82, 2.24) is 19.6 Å². The number of hydrogen-bond donors (Lipinski definition) is 1. The molecule has 3 aromatic carbocycles. The van der Waals surface area contributed by atoms with E-state index in [2.05, 4.69) is 9.47 Å². The van der Waals surface area contributed by atoms with Gasteiger partial charge in [0.05, 0.1) is 0 Å². The summed E-state index contributed by atoms with van der Waals surface area (Å²) in [5, 5.41) is 9.25. The van der Waals surface area contributed by atoms with Crippen LogP contribution in [0.1, 0.15) is 160 Å². The zero-order valence-corrected chi connectivity index (χ0v) is 62.7. The zero-order chi connectivity index (χ0) is 80.2. The van der Waals surface area contributed by atoms with Crippen LogP contribution >= 0.6 is 0 Å². The Kier molecular flexibility index (Phi) is 33.4. The second kappa shape index (κ2) is 38.1. The summed E-state index contributed by atoms with van der Waals surface area (Å²) in [4.78, 5) is 136. The number of esters is 5. The standard InChI is InChI=1S/C39H52F4N2O10.C33H48F4N2O10/c1-24(2)20-29(34(48)52-25(3)33(47)51-23-27-14-12-11-13-15-27)44(9)32(46)31(21-26-16-18-28(19-17-26)54-39(41,42)43)53-35(49)30(22-38(7,8)40)45(10)36(50)55-37(4,5)6;1-19(26(41)42)46-27(43)22(17-30(2,3)4)38(10)25(40)24(16-20-12-14-21(15-13-20)48-33(35,36)37)47-28(44)23(18-32(8,9)34)39(11)29(45)49-31(5,6)7/h11-19,24-25,29-31H,20-23H2,1-10H3;12-15,19,22-24H,16-18H2,1-11H3,(H,41,42)/t25-,29+,30+,31-;19-,22+,23+,24-/m11/s1. The lowest BCUT2D eigenvalue weighted by molar-refractivity contribution is -0.275. The van der Waals surface area contributed by atoms with Gasteiger partial charge in [-0.2, -0.15) is 0 Å². The molecule has 0 radical (unpaired) electrons. The lowest BCUT2D eigenvalue weighted by Crippen LogP contribution is -2.53. The van der Waals surface area contributed by atoms with Crippen molar-refractivity contribution >= 4 is 59.8 Å². The van der Waals surface area contributed by atoms with Crippen molar-refractivity contribution in [2.24, 2.45) is 11.3 Å². The fourth-order valence-corrected chi connectivity index (χ4v) is 9.51. The van der Waals surface area contributed by atoms with E-state index in [-0.39, 0.29) is 36.5 Å². The van der Waals surface area contributed by atoms with E-state index in [4.69, 9.17) is 33.2 Å². The maximum absolute atomic E-state index is 15.1. The predicted octanol–water partition coefficient (Wildman–Crippen LogP) is 12.7. The van der Waals surface area contributed by atoms with Gasteiger partial charge < -0.3 is 57.5 Å². The van der Waals surface area contributed by atoms with E-state index in [1.807, 2.05) is 0 Å². The maximum atomic E-state index is 15.1. The molecule has 0 aliphatic rings. The molecule has 4 amide bonds. The van der Waals surface area contributed by atoms with E-state index in [0.717, 1.165) is 64.6 Å². The molecule has 1 N–H and O–H groups in total. The number of rotatable bonds is 31. The van der Waals surface area contributed by atoms with Gasteiger partial charge in [-0.15, -0.1) is 26.3 Å². The van der Waals surface area contributed by atoms with Crippen molar-refractivity contribution in [3.05, 3.63) is 95.6 Å². The molecule has 0 heterocycles. The number of benzene rings is 3. The molecule has 0 fully saturated rings. The van der Waals surface area contributed by atoms with E-state index in [0.29, 0.717) is 5.56 Å². The van der Waals surface area contributed by atoms with Crippen LogP contribution in [0.25, 0.3) is 0 Å². The number of aliphatic carboxylic acids is 1. The van der Waals surface area contributed by atoms with Gasteiger partial charge in [-0.05, 0) is 148 Å². The SMILES string of the molecule is CC(C)C[C@@H](C(=O)O[C@H](C)C(=O)OCc1ccccc1)N(C)C(=O)[C@@H](Cc1ccc(OC(F)(F)F)cc1)OC(=O)[C@H](CC(C)(C)F)N(C)C(=O)OC(C)(C)C.C[C@@H](OC(=O)[C@H](CC(C)(C)C)N(C)C(=O)[C@@H](Cc1ccc(OC(F)(F)F)cc1)OC(=O)[C@H](CC(C)(C)F)N(C)C(=O)OC(C)(C)C)C(=O)O. The number of carbonyl (C=O) groups is 10. The summed E-state index contributed by atoms with van der Waals surface area (Å²) in [6, 6.07) is 11.7. The predicted molar refractivity (Wildman–Crippen MR) is 360 cm³/mol. The van der Waals surface area contributed by atoms with Crippen LogP contribution in [0.4, 0.5) is 44.7 Å². The zero-order valence-electron chi connectivity index (χ0n) is 62.7. The fourth-order valence-electron chi connectivity index (χ4n) is 9.51. The summed E-state index contributed by atoms with van der Waals surface area (Å²) in [5.41, 5.74) is -5.49. The van der Waals surface area contributed by atoms with Crippen molar-refractivity contribution in [2.75, 3.05) is 28.2 Å². The third-order valence-electron chi connectivity index (χ3n) is 14.6. The smallest absolute Gasteiger partial charge is 0.479 e. The highest BCUT2D eigenvalue weighted by Crippen LogP contribution is 2.31. The van der Waals surface area contributed by atoms with E-state index < -0.39 is 186 Å². The van der Waals surface area contributed by atoms with E-state index in [1.165, 1.54) is 73.2 Å². The van der Waals surface area contributed by atoms with Crippen LogP contribution in [0.3, 0.4) is 0 Å². The molecule has 0 saturated heterocycles. The maximum Gasteiger partial charge on any atom is 0.573 e. The first-order valence-corrected chi connectivity index (χ1v) is 33.0. The monoisotopic (exact) mass is 1490 g/mol. The molecule has 24 nitrogen and oxygen atoms in total. The Bertz CT molecular complexity index is 3340. The quantitative estimate of drug-likeness (QED) is 0.0356. The first kappa shape index (κ1) is 91.1. The lowest BCUT2D eigenvalue weighted by atomic mass is 9.87. The number of alkyl halides is 8. The van der Waals surface area contributed by atoms with Gasteiger partial charge in [-0.3, -0.25) is 19.4 Å². The summed E-state index contributed by atoms with van der Waals surface area (Å²) in [6.45, 7) is 25.4. The largest absolute Gasteiger partial charge is 0.573 e. The third kappa shape index (κ3) is 34.5. The number of ether oxygens (including phenoxy) is 9. The van der Waals surface area contributed by atoms with Gasteiger partial charge in [0.1, 0.15) is 64.8 Å². The Morgan fingerprint density at radius 2 is 0.750 bits per heavy atom. The van der Waals surface area contributed by atoms with Crippen LogP contribution in [0.5, 0.6) is 11.5 Å².